The topological polar surface area (TPSA) is 111 Å². The molecule has 0 unspecified atom stereocenters. The van der Waals surface area contributed by atoms with Crippen LogP contribution >= 0.6 is 0 Å². The number of tetrazole rings is 1. The fraction of sp³-hybridized carbons (Fsp3) is 0.417. The summed E-state index contributed by atoms with van der Waals surface area (Å²) in [6.07, 6.45) is 3.24. The number of aryl methyl sites for hydroxylation is 1. The van der Waals surface area contributed by atoms with Gasteiger partial charge in [0.15, 0.2) is 15.7 Å². The SMILES string of the molecule is COc1ccc(CCC(=O)N2CCCN(Cc3nnnn3-c3ccc(S(C)(=O)=O)cc3)CC2)cc1. The summed E-state index contributed by atoms with van der Waals surface area (Å²) in [6, 6.07) is 14.3. The van der Waals surface area contributed by atoms with Crippen molar-refractivity contribution in [2.24, 2.45) is 0 Å². The summed E-state index contributed by atoms with van der Waals surface area (Å²) in [7, 11) is -1.63. The summed E-state index contributed by atoms with van der Waals surface area (Å²) in [5.41, 5.74) is 1.81. The van der Waals surface area contributed by atoms with Crippen LogP contribution < -0.4 is 4.74 Å². The van der Waals surface area contributed by atoms with E-state index in [1.807, 2.05) is 29.2 Å². The van der Waals surface area contributed by atoms with E-state index < -0.39 is 9.84 Å². The molecule has 0 aliphatic carbocycles. The highest BCUT2D eigenvalue weighted by molar-refractivity contribution is 7.90. The van der Waals surface area contributed by atoms with Crippen molar-refractivity contribution in [3.63, 3.8) is 0 Å². The maximum Gasteiger partial charge on any atom is 0.222 e. The largest absolute Gasteiger partial charge is 0.497 e. The van der Waals surface area contributed by atoms with Crippen LogP contribution in [0.3, 0.4) is 0 Å². The number of aromatic nitrogens is 4. The van der Waals surface area contributed by atoms with Crippen LogP contribution in [0.25, 0.3) is 5.69 Å². The molecule has 1 saturated heterocycles. The fourth-order valence-electron chi connectivity index (χ4n) is 4.12. The first-order valence-electron chi connectivity index (χ1n) is 11.5. The zero-order valence-electron chi connectivity index (χ0n) is 20.0. The van der Waals surface area contributed by atoms with Gasteiger partial charge in [0.05, 0.1) is 24.2 Å². The number of ether oxygens (including phenoxy) is 1. The van der Waals surface area contributed by atoms with Crippen LogP contribution in [0.5, 0.6) is 5.75 Å². The van der Waals surface area contributed by atoms with Gasteiger partial charge in [0, 0.05) is 38.9 Å². The first kappa shape index (κ1) is 24.8. The van der Waals surface area contributed by atoms with Crippen molar-refractivity contribution in [3.8, 4) is 11.4 Å². The molecule has 0 saturated carbocycles. The van der Waals surface area contributed by atoms with Gasteiger partial charge in [-0.3, -0.25) is 9.69 Å². The number of amides is 1. The maximum absolute atomic E-state index is 12.8. The molecule has 10 nitrogen and oxygen atoms in total. The van der Waals surface area contributed by atoms with Crippen molar-refractivity contribution in [3.05, 3.63) is 59.9 Å². The third kappa shape index (κ3) is 6.43. The molecule has 2 aromatic carbocycles. The summed E-state index contributed by atoms with van der Waals surface area (Å²) >= 11 is 0. The molecule has 35 heavy (non-hydrogen) atoms. The quantitative estimate of drug-likeness (QED) is 0.462. The highest BCUT2D eigenvalue weighted by Crippen LogP contribution is 2.16. The third-order valence-corrected chi connectivity index (χ3v) is 7.26. The number of hydrogen-bond donors (Lipinski definition) is 0. The van der Waals surface area contributed by atoms with E-state index in [0.717, 1.165) is 37.4 Å². The molecule has 0 bridgehead atoms. The Labute approximate surface area is 205 Å². The number of hydrogen-bond acceptors (Lipinski definition) is 8. The molecule has 1 aliphatic heterocycles. The Bertz CT molecular complexity index is 1240. The van der Waals surface area contributed by atoms with Gasteiger partial charge in [-0.1, -0.05) is 12.1 Å². The van der Waals surface area contributed by atoms with Crippen molar-refractivity contribution >= 4 is 15.7 Å². The van der Waals surface area contributed by atoms with Crippen LogP contribution in [0.1, 0.15) is 24.2 Å². The zero-order chi connectivity index (χ0) is 24.8. The molecule has 11 heteroatoms. The van der Waals surface area contributed by atoms with Gasteiger partial charge in [0.1, 0.15) is 5.75 Å². The van der Waals surface area contributed by atoms with Gasteiger partial charge in [-0.25, -0.2) is 8.42 Å². The van der Waals surface area contributed by atoms with Crippen LogP contribution in [0.2, 0.25) is 0 Å². The summed E-state index contributed by atoms with van der Waals surface area (Å²) in [5.74, 6) is 1.64. The van der Waals surface area contributed by atoms with Crippen LogP contribution in [-0.2, 0) is 27.6 Å². The Morgan fingerprint density at radius 2 is 1.74 bits per heavy atom. The van der Waals surface area contributed by atoms with Crippen LogP contribution in [0, 0.1) is 0 Å². The lowest BCUT2D eigenvalue weighted by Crippen LogP contribution is -2.35. The molecule has 0 spiro atoms. The molecule has 1 aliphatic rings. The fourth-order valence-corrected chi connectivity index (χ4v) is 4.75. The summed E-state index contributed by atoms with van der Waals surface area (Å²) < 4.78 is 30.2. The minimum absolute atomic E-state index is 0.165. The van der Waals surface area contributed by atoms with E-state index in [1.165, 1.54) is 6.26 Å². The van der Waals surface area contributed by atoms with Crippen LogP contribution in [0.15, 0.2) is 53.4 Å². The number of rotatable bonds is 8. The number of sulfone groups is 1. The van der Waals surface area contributed by atoms with Gasteiger partial charge in [0.25, 0.3) is 0 Å². The lowest BCUT2D eigenvalue weighted by molar-refractivity contribution is -0.131. The summed E-state index contributed by atoms with van der Waals surface area (Å²) in [6.45, 7) is 3.49. The second kappa shape index (κ2) is 11.0. The van der Waals surface area contributed by atoms with E-state index in [4.69, 9.17) is 4.74 Å². The number of nitrogens with zero attached hydrogens (tertiary/aromatic N) is 6. The highest BCUT2D eigenvalue weighted by Gasteiger charge is 2.21. The van der Waals surface area contributed by atoms with E-state index in [2.05, 4.69) is 20.4 Å². The maximum atomic E-state index is 12.8. The van der Waals surface area contributed by atoms with E-state index >= 15 is 0 Å². The molecule has 0 N–H and O–H groups in total. The Kier molecular flexibility index (Phi) is 7.76. The molecule has 1 fully saturated rings. The summed E-state index contributed by atoms with van der Waals surface area (Å²) in [5, 5.41) is 12.1. The van der Waals surface area contributed by atoms with Crippen molar-refractivity contribution in [1.82, 2.24) is 30.0 Å². The predicted octanol–water partition coefficient (Wildman–Crippen LogP) is 1.74. The van der Waals surface area contributed by atoms with Crippen molar-refractivity contribution in [2.45, 2.75) is 30.7 Å². The average Bonchev–Trinajstić information content (AvgIpc) is 3.19. The number of carbonyl (C=O) groups is 1. The molecule has 0 atom stereocenters. The molecular weight excluding hydrogens is 468 g/mol. The Morgan fingerprint density at radius 1 is 1.00 bits per heavy atom. The van der Waals surface area contributed by atoms with Crippen LogP contribution in [-0.4, -0.2) is 83.9 Å². The van der Waals surface area contributed by atoms with Crippen LogP contribution in [0.4, 0.5) is 0 Å². The molecule has 3 aromatic rings. The van der Waals surface area contributed by atoms with E-state index in [-0.39, 0.29) is 10.8 Å². The molecule has 1 amide bonds. The monoisotopic (exact) mass is 498 g/mol. The standard InChI is InChI=1S/C24H30N6O4S/c1-34-21-9-4-19(5-10-21)6-13-24(31)29-15-3-14-28(16-17-29)18-23-25-26-27-30(23)20-7-11-22(12-8-20)35(2,32)33/h4-5,7-12H,3,6,13-18H2,1-2H3. The van der Waals surface area contributed by atoms with Gasteiger partial charge >= 0.3 is 0 Å². The van der Waals surface area contributed by atoms with Crippen molar-refractivity contribution < 1.29 is 17.9 Å². The zero-order valence-corrected chi connectivity index (χ0v) is 20.8. The molecular formula is C24H30N6O4S. The van der Waals surface area contributed by atoms with Gasteiger partial charge < -0.3 is 9.64 Å². The molecule has 1 aromatic heterocycles. The molecule has 4 rings (SSSR count). The Balaban J connectivity index is 1.32. The Morgan fingerprint density at radius 3 is 2.43 bits per heavy atom. The lowest BCUT2D eigenvalue weighted by atomic mass is 10.1. The smallest absolute Gasteiger partial charge is 0.222 e. The third-order valence-electron chi connectivity index (χ3n) is 6.14. The van der Waals surface area contributed by atoms with Gasteiger partial charge in [-0.2, -0.15) is 4.68 Å². The first-order valence-corrected chi connectivity index (χ1v) is 13.4. The van der Waals surface area contributed by atoms with Crippen molar-refractivity contribution in [1.29, 1.82) is 0 Å². The second-order valence-electron chi connectivity index (χ2n) is 8.63. The number of methoxy groups -OCH3 is 1. The van der Waals surface area contributed by atoms with Gasteiger partial charge in [-0.15, -0.1) is 5.10 Å². The Hall–Kier alpha value is -3.31. The normalized spacial score (nSPS) is 15.1. The average molecular weight is 499 g/mol. The predicted molar refractivity (Wildman–Crippen MR) is 130 cm³/mol. The molecule has 0 radical (unpaired) electrons. The second-order valence-corrected chi connectivity index (χ2v) is 10.6. The van der Waals surface area contributed by atoms with E-state index in [0.29, 0.717) is 37.4 Å². The first-order chi connectivity index (χ1) is 16.8. The van der Waals surface area contributed by atoms with E-state index in [1.54, 1.807) is 36.1 Å². The summed E-state index contributed by atoms with van der Waals surface area (Å²) in [4.78, 5) is 17.2. The number of carbonyl (C=O) groups excluding carboxylic acids is 1. The number of benzene rings is 2. The van der Waals surface area contributed by atoms with Gasteiger partial charge in [-0.05, 0) is 65.2 Å². The molecule has 186 valence electrons. The minimum atomic E-state index is -3.27. The van der Waals surface area contributed by atoms with Crippen molar-refractivity contribution in [2.75, 3.05) is 39.5 Å². The molecule has 2 heterocycles. The van der Waals surface area contributed by atoms with Gasteiger partial charge in [0.2, 0.25) is 5.91 Å². The lowest BCUT2D eigenvalue weighted by Gasteiger charge is -2.22. The van der Waals surface area contributed by atoms with E-state index in [9.17, 15) is 13.2 Å². The minimum Gasteiger partial charge on any atom is -0.497 e. The highest BCUT2D eigenvalue weighted by atomic mass is 32.2.